The van der Waals surface area contributed by atoms with Gasteiger partial charge in [0, 0.05) is 30.5 Å². The van der Waals surface area contributed by atoms with E-state index < -0.39 is 11.7 Å². The largest absolute Gasteiger partial charge is 0.347 e. The van der Waals surface area contributed by atoms with Gasteiger partial charge in [0.1, 0.15) is 17.5 Å². The van der Waals surface area contributed by atoms with Crippen LogP contribution in [-0.4, -0.2) is 45.9 Å². The van der Waals surface area contributed by atoms with Crippen LogP contribution in [0.3, 0.4) is 0 Å². The molecule has 3 atom stereocenters. The second-order valence-corrected chi connectivity index (χ2v) is 8.80. The van der Waals surface area contributed by atoms with Crippen LogP contribution in [-0.2, 0) is 9.59 Å². The van der Waals surface area contributed by atoms with Gasteiger partial charge in [0.15, 0.2) is 0 Å². The summed E-state index contributed by atoms with van der Waals surface area (Å²) in [6.07, 6.45) is 2.78. The molecule has 1 saturated heterocycles. The molecule has 4 rings (SSSR count). The summed E-state index contributed by atoms with van der Waals surface area (Å²) >= 11 is 1.58. The van der Waals surface area contributed by atoms with Crippen LogP contribution in [0.4, 0.5) is 5.82 Å². The van der Waals surface area contributed by atoms with E-state index in [-0.39, 0.29) is 30.2 Å². The van der Waals surface area contributed by atoms with E-state index in [2.05, 4.69) is 20.9 Å². The van der Waals surface area contributed by atoms with Gasteiger partial charge < -0.3 is 20.9 Å². The topological polar surface area (TPSA) is 103 Å². The lowest BCUT2D eigenvalue weighted by atomic mass is 9.97. The van der Waals surface area contributed by atoms with Crippen molar-refractivity contribution in [2.24, 2.45) is 0 Å². The number of fused-ring (bicyclic) bond motifs is 1. The molecule has 2 aromatic rings. The van der Waals surface area contributed by atoms with E-state index >= 15 is 0 Å². The second kappa shape index (κ2) is 8.06. The molecule has 158 valence electrons. The normalized spacial score (nSPS) is 23.1. The molecule has 3 N–H and O–H groups in total. The molecule has 0 radical (unpaired) electrons. The first-order valence-corrected chi connectivity index (χ1v) is 11.0. The molecule has 2 aliphatic rings. The fraction of sp³-hybridized carbons (Fsp3) is 0.429. The number of amides is 3. The van der Waals surface area contributed by atoms with Crippen molar-refractivity contribution in [1.82, 2.24) is 20.5 Å². The highest BCUT2D eigenvalue weighted by atomic mass is 32.1. The Labute approximate surface area is 179 Å². The minimum absolute atomic E-state index is 0.0961. The quantitative estimate of drug-likeness (QED) is 0.695. The summed E-state index contributed by atoms with van der Waals surface area (Å²) in [6.45, 7) is 4.04. The molecule has 2 aromatic heterocycles. The molecule has 0 bridgehead atoms. The number of carbonyl (C=O) groups excluding carboxylic acids is 3. The van der Waals surface area contributed by atoms with E-state index in [4.69, 9.17) is 0 Å². The van der Waals surface area contributed by atoms with Crippen molar-refractivity contribution < 1.29 is 14.4 Å². The van der Waals surface area contributed by atoms with Crippen LogP contribution in [0.15, 0.2) is 35.8 Å². The Hall–Kier alpha value is -2.94. The van der Waals surface area contributed by atoms with Crippen molar-refractivity contribution in [2.45, 2.75) is 50.9 Å². The van der Waals surface area contributed by atoms with E-state index in [1.54, 1.807) is 41.5 Å². The molecule has 1 spiro atoms. The molecule has 2 aliphatic heterocycles. The molecule has 0 unspecified atom stereocenters. The van der Waals surface area contributed by atoms with Crippen LogP contribution in [0, 0.1) is 0 Å². The number of hydrogen-bond donors (Lipinski definition) is 3. The predicted octanol–water partition coefficient (Wildman–Crippen LogP) is 2.27. The van der Waals surface area contributed by atoms with Gasteiger partial charge in [-0.05, 0) is 43.8 Å². The molecule has 0 aromatic carbocycles. The minimum atomic E-state index is -0.747. The number of likely N-dealkylation sites (tertiary alicyclic amines) is 1. The zero-order valence-electron chi connectivity index (χ0n) is 17.0. The first-order chi connectivity index (χ1) is 14.4. The summed E-state index contributed by atoms with van der Waals surface area (Å²) in [6, 6.07) is 6.64. The standard InChI is InChI=1S/C21H25N5O3S/c1-13(16-6-4-12-30-16)23-19(28)14(2)26-11-9-21(8-7-17(26)27)24-18-15(20(29)25-21)5-3-10-22-18/h3-6,10,12-14H,7-9,11H2,1-2H3,(H,22,24)(H,23,28)(H,25,29)/t13-,14+,21+/m1/s1. The summed E-state index contributed by atoms with van der Waals surface area (Å²) in [5, 5.41) is 11.3. The SMILES string of the molecule is C[C@@H](NC(=O)[C@H](C)N1CC[C@]2(CCC1=O)NC(=O)c1cccnc1N2)c1cccs1. The Morgan fingerprint density at radius 3 is 2.83 bits per heavy atom. The average molecular weight is 428 g/mol. The van der Waals surface area contributed by atoms with Gasteiger partial charge in [-0.1, -0.05) is 6.07 Å². The number of pyridine rings is 1. The lowest BCUT2D eigenvalue weighted by Gasteiger charge is -2.39. The zero-order valence-corrected chi connectivity index (χ0v) is 17.8. The maximum Gasteiger partial charge on any atom is 0.256 e. The monoisotopic (exact) mass is 427 g/mol. The summed E-state index contributed by atoms with van der Waals surface area (Å²) in [5.41, 5.74) is -0.255. The van der Waals surface area contributed by atoms with Crippen LogP contribution >= 0.6 is 11.3 Å². The molecule has 0 saturated carbocycles. The van der Waals surface area contributed by atoms with Gasteiger partial charge in [-0.25, -0.2) is 4.98 Å². The molecule has 1 fully saturated rings. The van der Waals surface area contributed by atoms with E-state index in [0.717, 1.165) is 4.88 Å². The summed E-state index contributed by atoms with van der Waals surface area (Å²) in [5.74, 6) is 0.0417. The Morgan fingerprint density at radius 1 is 1.23 bits per heavy atom. The third-order valence-corrected chi connectivity index (χ3v) is 6.86. The van der Waals surface area contributed by atoms with Gasteiger partial charge in [0.25, 0.3) is 5.91 Å². The van der Waals surface area contributed by atoms with Crippen molar-refractivity contribution in [2.75, 3.05) is 11.9 Å². The summed E-state index contributed by atoms with van der Waals surface area (Å²) in [7, 11) is 0. The molecular weight excluding hydrogens is 402 g/mol. The van der Waals surface area contributed by atoms with Crippen molar-refractivity contribution in [3.05, 3.63) is 46.3 Å². The molecule has 4 heterocycles. The smallest absolute Gasteiger partial charge is 0.256 e. The predicted molar refractivity (Wildman–Crippen MR) is 114 cm³/mol. The van der Waals surface area contributed by atoms with Gasteiger partial charge in [-0.15, -0.1) is 11.3 Å². The number of carbonyl (C=O) groups is 3. The summed E-state index contributed by atoms with van der Waals surface area (Å²) in [4.78, 5) is 45.1. The van der Waals surface area contributed by atoms with Crippen molar-refractivity contribution in [3.63, 3.8) is 0 Å². The van der Waals surface area contributed by atoms with Crippen LogP contribution < -0.4 is 16.0 Å². The van der Waals surface area contributed by atoms with E-state index in [0.29, 0.717) is 30.8 Å². The van der Waals surface area contributed by atoms with Crippen LogP contribution in [0.2, 0.25) is 0 Å². The molecular formula is C21H25N5O3S. The van der Waals surface area contributed by atoms with E-state index in [1.807, 2.05) is 24.4 Å². The summed E-state index contributed by atoms with van der Waals surface area (Å²) < 4.78 is 0. The second-order valence-electron chi connectivity index (χ2n) is 7.82. The Bertz CT molecular complexity index is 963. The molecule has 3 amide bonds. The first-order valence-electron chi connectivity index (χ1n) is 10.1. The molecule has 9 heteroatoms. The Kier molecular flexibility index (Phi) is 5.46. The maximum absolute atomic E-state index is 12.8. The van der Waals surface area contributed by atoms with Gasteiger partial charge in [-0.3, -0.25) is 14.4 Å². The van der Waals surface area contributed by atoms with Crippen molar-refractivity contribution >= 4 is 34.9 Å². The molecule has 0 aliphatic carbocycles. The number of thiophene rings is 1. The number of nitrogens with one attached hydrogen (secondary N) is 3. The zero-order chi connectivity index (χ0) is 21.3. The Balaban J connectivity index is 1.45. The van der Waals surface area contributed by atoms with Crippen molar-refractivity contribution in [1.29, 1.82) is 0 Å². The number of aromatic nitrogens is 1. The number of hydrogen-bond acceptors (Lipinski definition) is 6. The van der Waals surface area contributed by atoms with Crippen LogP contribution in [0.25, 0.3) is 0 Å². The number of rotatable bonds is 4. The number of anilines is 1. The lowest BCUT2D eigenvalue weighted by Crippen LogP contribution is -2.58. The first kappa shape index (κ1) is 20.3. The highest BCUT2D eigenvalue weighted by Crippen LogP contribution is 2.31. The highest BCUT2D eigenvalue weighted by molar-refractivity contribution is 7.10. The third-order valence-electron chi connectivity index (χ3n) is 5.80. The van der Waals surface area contributed by atoms with Crippen LogP contribution in [0.1, 0.15) is 54.4 Å². The van der Waals surface area contributed by atoms with E-state index in [1.165, 1.54) is 0 Å². The van der Waals surface area contributed by atoms with E-state index in [9.17, 15) is 14.4 Å². The average Bonchev–Trinajstić information content (AvgIpc) is 3.22. The maximum atomic E-state index is 12.8. The van der Waals surface area contributed by atoms with Crippen molar-refractivity contribution in [3.8, 4) is 0 Å². The highest BCUT2D eigenvalue weighted by Gasteiger charge is 2.42. The fourth-order valence-corrected chi connectivity index (χ4v) is 4.73. The van der Waals surface area contributed by atoms with Gasteiger partial charge in [0.2, 0.25) is 11.8 Å². The van der Waals surface area contributed by atoms with Gasteiger partial charge in [0.05, 0.1) is 11.6 Å². The lowest BCUT2D eigenvalue weighted by molar-refractivity contribution is -0.139. The fourth-order valence-electron chi connectivity index (χ4n) is 4.00. The Morgan fingerprint density at radius 2 is 2.07 bits per heavy atom. The van der Waals surface area contributed by atoms with Gasteiger partial charge >= 0.3 is 0 Å². The third kappa shape index (κ3) is 3.89. The minimum Gasteiger partial charge on any atom is -0.347 e. The van der Waals surface area contributed by atoms with Gasteiger partial charge in [-0.2, -0.15) is 0 Å². The number of nitrogens with zero attached hydrogens (tertiary/aromatic N) is 2. The van der Waals surface area contributed by atoms with Crippen LogP contribution in [0.5, 0.6) is 0 Å². The molecule has 30 heavy (non-hydrogen) atoms. The molecule has 8 nitrogen and oxygen atoms in total.